The van der Waals surface area contributed by atoms with Crippen molar-refractivity contribution in [1.82, 2.24) is 34.9 Å². The zero-order valence-electron chi connectivity index (χ0n) is 21.7. The molecule has 0 atom stereocenters. The van der Waals surface area contributed by atoms with E-state index < -0.39 is 0 Å². The van der Waals surface area contributed by atoms with E-state index in [1.54, 1.807) is 18.3 Å². The molecule has 3 aromatic heterocycles. The number of hydrogen-bond acceptors (Lipinski definition) is 8. The van der Waals surface area contributed by atoms with Crippen molar-refractivity contribution in [2.45, 2.75) is 51.9 Å². The van der Waals surface area contributed by atoms with Crippen LogP contribution in [-0.2, 0) is 13.1 Å². The standard InChI is InChI=1S/C28H32N8O2/c1-18(2)35-10-6-22(7-11-35)38-27-15-20(5-8-30-27)28(37)32-25-14-21-13-19(3-4-23(21)33-34-25)24-16-31-26-17-29-9-12-36(24)26/h3-5,8,13-16,18,22,29H,6-7,9-12,17H2,1-2H3,(H,32,34,37). The number of ether oxygens (including phenoxy) is 1. The number of rotatable bonds is 6. The van der Waals surface area contributed by atoms with E-state index in [2.05, 4.69) is 60.2 Å². The van der Waals surface area contributed by atoms with Crippen LogP contribution in [0.3, 0.4) is 0 Å². The van der Waals surface area contributed by atoms with Crippen molar-refractivity contribution in [1.29, 1.82) is 0 Å². The minimum atomic E-state index is -0.283. The number of nitrogens with one attached hydrogen (secondary N) is 2. The number of hydrogen-bond donors (Lipinski definition) is 2. The lowest BCUT2D eigenvalue weighted by atomic mass is 10.1. The molecule has 1 fully saturated rings. The summed E-state index contributed by atoms with van der Waals surface area (Å²) in [5.41, 5.74) is 3.35. The van der Waals surface area contributed by atoms with Crippen LogP contribution in [0, 0.1) is 0 Å². The summed E-state index contributed by atoms with van der Waals surface area (Å²) in [6, 6.07) is 11.8. The third-order valence-corrected chi connectivity index (χ3v) is 7.35. The van der Waals surface area contributed by atoms with E-state index in [-0.39, 0.29) is 12.0 Å². The van der Waals surface area contributed by atoms with Crippen molar-refractivity contribution in [3.63, 3.8) is 0 Å². The maximum Gasteiger partial charge on any atom is 0.257 e. The van der Waals surface area contributed by atoms with E-state index in [4.69, 9.17) is 4.74 Å². The van der Waals surface area contributed by atoms with Gasteiger partial charge in [0.25, 0.3) is 5.91 Å². The summed E-state index contributed by atoms with van der Waals surface area (Å²) in [4.78, 5) is 24.4. The van der Waals surface area contributed by atoms with E-state index in [0.717, 1.165) is 73.6 Å². The van der Waals surface area contributed by atoms with Crippen LogP contribution in [0.2, 0.25) is 0 Å². The Morgan fingerprint density at radius 1 is 1.08 bits per heavy atom. The van der Waals surface area contributed by atoms with Gasteiger partial charge in [-0.1, -0.05) is 6.07 Å². The molecule has 6 rings (SSSR count). The molecule has 1 saturated heterocycles. The number of imidazole rings is 1. The fourth-order valence-electron chi connectivity index (χ4n) is 5.18. The molecule has 1 aromatic carbocycles. The van der Waals surface area contributed by atoms with Crippen molar-refractivity contribution >= 4 is 22.6 Å². The summed E-state index contributed by atoms with van der Waals surface area (Å²) in [5.74, 6) is 1.61. The van der Waals surface area contributed by atoms with Gasteiger partial charge in [-0.2, -0.15) is 0 Å². The summed E-state index contributed by atoms with van der Waals surface area (Å²) in [7, 11) is 0. The molecule has 38 heavy (non-hydrogen) atoms. The Balaban J connectivity index is 1.16. The molecule has 10 nitrogen and oxygen atoms in total. The molecule has 2 N–H and O–H groups in total. The van der Waals surface area contributed by atoms with E-state index in [0.29, 0.717) is 23.3 Å². The number of pyridine rings is 1. The Labute approximate surface area is 221 Å². The Morgan fingerprint density at radius 2 is 1.95 bits per heavy atom. The first-order valence-corrected chi connectivity index (χ1v) is 13.2. The molecule has 0 aliphatic carbocycles. The second kappa shape index (κ2) is 10.5. The fourth-order valence-corrected chi connectivity index (χ4v) is 5.18. The molecule has 1 amide bonds. The van der Waals surface area contributed by atoms with Crippen LogP contribution in [0.1, 0.15) is 42.9 Å². The number of aromatic nitrogens is 5. The quantitative estimate of drug-likeness (QED) is 0.404. The molecule has 5 heterocycles. The van der Waals surface area contributed by atoms with Gasteiger partial charge >= 0.3 is 0 Å². The first-order valence-electron chi connectivity index (χ1n) is 13.2. The summed E-state index contributed by atoms with van der Waals surface area (Å²) in [5, 5.41) is 15.6. The molecule has 0 bridgehead atoms. The van der Waals surface area contributed by atoms with Gasteiger partial charge in [0, 0.05) is 61.0 Å². The second-order valence-corrected chi connectivity index (χ2v) is 10.2. The maximum atomic E-state index is 13.0. The lowest BCUT2D eigenvalue weighted by molar-refractivity contribution is 0.0810. The van der Waals surface area contributed by atoms with Gasteiger partial charge < -0.3 is 24.8 Å². The topological polar surface area (TPSA) is 110 Å². The van der Waals surface area contributed by atoms with Crippen LogP contribution < -0.4 is 15.4 Å². The monoisotopic (exact) mass is 512 g/mol. The Kier molecular flexibility index (Phi) is 6.73. The number of piperidine rings is 1. The number of nitrogens with zero attached hydrogens (tertiary/aromatic N) is 6. The van der Waals surface area contributed by atoms with Crippen molar-refractivity contribution in [3.05, 3.63) is 60.2 Å². The molecule has 4 aromatic rings. The summed E-state index contributed by atoms with van der Waals surface area (Å²) >= 11 is 0. The van der Waals surface area contributed by atoms with Gasteiger partial charge in [-0.05, 0) is 51.0 Å². The minimum Gasteiger partial charge on any atom is -0.474 e. The van der Waals surface area contributed by atoms with Crippen molar-refractivity contribution < 1.29 is 9.53 Å². The number of anilines is 1. The molecule has 0 saturated carbocycles. The Hall–Kier alpha value is -3.89. The first-order chi connectivity index (χ1) is 18.5. The minimum absolute atomic E-state index is 0.106. The fraction of sp³-hybridized carbons (Fsp3) is 0.393. The van der Waals surface area contributed by atoms with Gasteiger partial charge in [0.05, 0.1) is 24.0 Å². The summed E-state index contributed by atoms with van der Waals surface area (Å²) in [6.07, 6.45) is 5.52. The SMILES string of the molecule is CC(C)N1CCC(Oc2cc(C(=O)Nc3cc4cc(-c5cnc6n5CCNC6)ccc4nn3)ccn2)CC1. The number of benzene rings is 1. The molecular weight excluding hydrogens is 480 g/mol. The van der Waals surface area contributed by atoms with Gasteiger partial charge in [-0.3, -0.25) is 4.79 Å². The third-order valence-electron chi connectivity index (χ3n) is 7.35. The molecule has 0 spiro atoms. The van der Waals surface area contributed by atoms with Crippen LogP contribution in [0.4, 0.5) is 5.82 Å². The van der Waals surface area contributed by atoms with Crippen LogP contribution in [0.15, 0.2) is 48.8 Å². The van der Waals surface area contributed by atoms with E-state index in [9.17, 15) is 4.79 Å². The Bertz CT molecular complexity index is 1460. The summed E-state index contributed by atoms with van der Waals surface area (Å²) < 4.78 is 8.36. The number of likely N-dealkylation sites (tertiary alicyclic amines) is 1. The molecule has 10 heteroatoms. The van der Waals surface area contributed by atoms with Crippen molar-refractivity contribution in [3.8, 4) is 17.1 Å². The zero-order valence-corrected chi connectivity index (χ0v) is 21.7. The number of carbonyl (C=O) groups excluding carboxylic acids is 1. The van der Waals surface area contributed by atoms with Crippen LogP contribution in [0.25, 0.3) is 22.2 Å². The summed E-state index contributed by atoms with van der Waals surface area (Å²) in [6.45, 7) is 9.02. The molecule has 196 valence electrons. The predicted molar refractivity (Wildman–Crippen MR) is 145 cm³/mol. The van der Waals surface area contributed by atoms with Gasteiger partial charge in [0.2, 0.25) is 5.88 Å². The predicted octanol–water partition coefficient (Wildman–Crippen LogP) is 3.50. The maximum absolute atomic E-state index is 13.0. The zero-order chi connectivity index (χ0) is 26.1. The first kappa shape index (κ1) is 24.4. The highest BCUT2D eigenvalue weighted by Crippen LogP contribution is 2.26. The van der Waals surface area contributed by atoms with Gasteiger partial charge in [-0.25, -0.2) is 9.97 Å². The number of fused-ring (bicyclic) bond motifs is 2. The lowest BCUT2D eigenvalue weighted by Crippen LogP contribution is -2.41. The van der Waals surface area contributed by atoms with Crippen molar-refractivity contribution in [2.24, 2.45) is 0 Å². The van der Waals surface area contributed by atoms with Gasteiger partial charge in [-0.15, -0.1) is 10.2 Å². The largest absolute Gasteiger partial charge is 0.474 e. The highest BCUT2D eigenvalue weighted by Gasteiger charge is 2.23. The molecule has 0 radical (unpaired) electrons. The lowest BCUT2D eigenvalue weighted by Gasteiger charge is -2.34. The van der Waals surface area contributed by atoms with E-state index >= 15 is 0 Å². The van der Waals surface area contributed by atoms with Crippen LogP contribution >= 0.6 is 0 Å². The molecule has 2 aliphatic heterocycles. The normalized spacial score (nSPS) is 16.5. The average molecular weight is 513 g/mol. The smallest absolute Gasteiger partial charge is 0.257 e. The Morgan fingerprint density at radius 3 is 2.79 bits per heavy atom. The van der Waals surface area contributed by atoms with Crippen LogP contribution in [-0.4, -0.2) is 67.3 Å². The average Bonchev–Trinajstić information content (AvgIpc) is 3.37. The molecule has 0 unspecified atom stereocenters. The van der Waals surface area contributed by atoms with Crippen molar-refractivity contribution in [2.75, 3.05) is 25.0 Å². The van der Waals surface area contributed by atoms with Gasteiger partial charge in [0.15, 0.2) is 5.82 Å². The number of amides is 1. The van der Waals surface area contributed by atoms with E-state index in [1.165, 1.54) is 0 Å². The third kappa shape index (κ3) is 5.09. The van der Waals surface area contributed by atoms with Gasteiger partial charge in [0.1, 0.15) is 11.9 Å². The van der Waals surface area contributed by atoms with Crippen LogP contribution in [0.5, 0.6) is 5.88 Å². The number of carbonyl (C=O) groups is 1. The highest BCUT2D eigenvalue weighted by atomic mass is 16.5. The second-order valence-electron chi connectivity index (χ2n) is 10.2. The molecule has 2 aliphatic rings. The highest BCUT2D eigenvalue weighted by molar-refractivity contribution is 6.04. The van der Waals surface area contributed by atoms with E-state index in [1.807, 2.05) is 24.4 Å². The molecular formula is C28H32N8O2.